The van der Waals surface area contributed by atoms with Crippen LogP contribution in [-0.4, -0.2) is 57.6 Å². The fourth-order valence-corrected chi connectivity index (χ4v) is 0. The minimum atomic E-state index is -5.39. The van der Waals surface area contributed by atoms with Crippen molar-refractivity contribution >= 4 is 75.6 Å². The zero-order valence-electron chi connectivity index (χ0n) is 8.47. The van der Waals surface area contributed by atoms with Gasteiger partial charge in [-0.15, -0.1) is 0 Å². The summed E-state index contributed by atoms with van der Waals surface area (Å²) < 4.78 is 25.6. The van der Waals surface area contributed by atoms with Crippen molar-refractivity contribution in [1.29, 1.82) is 0 Å². The second kappa shape index (κ2) is 17.9. The van der Waals surface area contributed by atoms with Crippen molar-refractivity contribution in [1.82, 2.24) is 0 Å². The van der Waals surface area contributed by atoms with Gasteiger partial charge in [0.2, 0.25) is 0 Å². The molecule has 0 radical (unpaired) electrons. The van der Waals surface area contributed by atoms with Crippen LogP contribution in [0.3, 0.4) is 0 Å². The molecule has 0 aromatic heterocycles. The predicted molar refractivity (Wildman–Crippen MR) is 43.7 cm³/mol. The number of phosphoric acid groups is 3. The first-order valence-electron chi connectivity index (χ1n) is 2.19. The molecule has 0 amide bonds. The Morgan fingerprint density at radius 2 is 0.421 bits per heavy atom. The van der Waals surface area contributed by atoms with E-state index in [0.717, 1.165) is 0 Å². The summed E-state index contributed by atoms with van der Waals surface area (Å²) >= 11 is 0. The van der Waals surface area contributed by atoms with Gasteiger partial charge in [0.25, 0.3) is 0 Å². The first-order chi connectivity index (χ1) is 6.00. The van der Waals surface area contributed by atoms with Gasteiger partial charge >= 0.3 is 52.1 Å². The van der Waals surface area contributed by atoms with Crippen molar-refractivity contribution in [2.75, 3.05) is 0 Å². The van der Waals surface area contributed by atoms with Crippen LogP contribution in [0.25, 0.3) is 0 Å². The van der Waals surface area contributed by atoms with Crippen LogP contribution in [0.2, 0.25) is 0 Å². The summed E-state index contributed by atoms with van der Waals surface area (Å²) in [5.74, 6) is 0. The fraction of sp³-hybridized carbons (Fsp3) is 0. The summed E-state index contributed by atoms with van der Waals surface area (Å²) in [6.45, 7) is 0. The van der Waals surface area contributed by atoms with Crippen molar-refractivity contribution in [3.8, 4) is 0 Å². The molecular formula is H2Al3O13P3. The summed E-state index contributed by atoms with van der Waals surface area (Å²) in [5.41, 5.74) is 0. The van der Waals surface area contributed by atoms with Crippen LogP contribution in [0, 0.1) is 0 Å². The summed E-state index contributed by atoms with van der Waals surface area (Å²) in [6, 6.07) is 0. The fourth-order valence-electron chi connectivity index (χ4n) is 0. The van der Waals surface area contributed by atoms with Crippen LogP contribution < -0.4 is 44.0 Å². The Balaban J connectivity index is -0.0000000206. The van der Waals surface area contributed by atoms with Crippen molar-refractivity contribution in [3.05, 3.63) is 0 Å². The molecule has 2 N–H and O–H groups in total. The Labute approximate surface area is 138 Å². The van der Waals surface area contributed by atoms with E-state index in [4.69, 9.17) is 57.7 Å². The van der Waals surface area contributed by atoms with Gasteiger partial charge in [0.05, 0.1) is 0 Å². The van der Waals surface area contributed by atoms with Crippen LogP contribution in [0.4, 0.5) is 0 Å². The molecule has 0 saturated heterocycles. The predicted octanol–water partition coefficient (Wildman–Crippen LogP) is -10.4. The van der Waals surface area contributed by atoms with Crippen molar-refractivity contribution in [3.63, 3.8) is 0 Å². The summed E-state index contributed by atoms with van der Waals surface area (Å²) in [5, 5.41) is 0. The molecular weight excluding hydrogens is 382 g/mol. The Kier molecular flexibility index (Phi) is 40.4. The second-order valence-electron chi connectivity index (χ2n) is 1.34. The van der Waals surface area contributed by atoms with Gasteiger partial charge in [0.1, 0.15) is 0 Å². The zero-order chi connectivity index (χ0) is 13.5. The van der Waals surface area contributed by atoms with Crippen LogP contribution in [0.15, 0.2) is 0 Å². The molecule has 0 unspecified atom stereocenters. The van der Waals surface area contributed by atoms with Gasteiger partial charge in [0.15, 0.2) is 0 Å². The number of rotatable bonds is 0. The third-order valence-electron chi connectivity index (χ3n) is 0. The molecule has 0 aliphatic carbocycles. The molecule has 0 saturated carbocycles. The van der Waals surface area contributed by atoms with Gasteiger partial charge in [-0.1, -0.05) is 0 Å². The molecule has 19 heavy (non-hydrogen) atoms. The molecule has 0 aromatic rings. The summed E-state index contributed by atoms with van der Waals surface area (Å²) in [4.78, 5) is 76.9. The van der Waals surface area contributed by atoms with E-state index in [1.165, 1.54) is 0 Å². The van der Waals surface area contributed by atoms with Gasteiger partial charge < -0.3 is 63.2 Å². The molecule has 0 fully saturated rings. The molecule has 13 nitrogen and oxygen atoms in total. The molecule has 0 aromatic carbocycles. The monoisotopic (exact) mass is 384 g/mol. The first-order valence-corrected chi connectivity index (χ1v) is 6.57. The average Bonchev–Trinajstić information content (AvgIpc) is 1.41. The molecule has 0 aliphatic heterocycles. The molecule has 0 spiro atoms. The van der Waals surface area contributed by atoms with Crippen LogP contribution in [-0.2, 0) is 13.7 Å². The van der Waals surface area contributed by atoms with E-state index in [9.17, 15) is 0 Å². The normalized spacial score (nSPS) is 9.32. The number of hydrogen-bond acceptors (Lipinski definition) is 12. The first kappa shape index (κ1) is 42.8. The third-order valence-corrected chi connectivity index (χ3v) is 0. The zero-order valence-corrected chi connectivity index (χ0v) is 14.6. The van der Waals surface area contributed by atoms with E-state index in [0.29, 0.717) is 0 Å². The Morgan fingerprint density at radius 3 is 0.421 bits per heavy atom. The van der Waals surface area contributed by atoms with Crippen molar-refractivity contribution in [2.45, 2.75) is 0 Å². The van der Waals surface area contributed by atoms with E-state index < -0.39 is 23.5 Å². The van der Waals surface area contributed by atoms with Gasteiger partial charge in [-0.3, -0.25) is 0 Å². The Bertz CT molecular complexity index is 209. The maximum atomic E-state index is 8.55. The molecule has 0 bridgehead atoms. The third kappa shape index (κ3) is 1790. The SMILES string of the molecule is O.O=P([O-])([O-])[O-].O=P([O-])([O-])[O-].O=P([O-])([O-])[O-].[Al+3].[Al+3].[Al+3]. The molecule has 19 heteroatoms. The minimum Gasteiger partial charge on any atom is -0.822 e. The molecule has 0 rings (SSSR count). The smallest absolute Gasteiger partial charge is 0.822 e. The van der Waals surface area contributed by atoms with Gasteiger partial charge in [-0.2, -0.15) is 23.5 Å². The Morgan fingerprint density at radius 1 is 0.421 bits per heavy atom. The van der Waals surface area contributed by atoms with E-state index in [-0.39, 0.29) is 57.6 Å². The molecule has 104 valence electrons. The average molecular weight is 384 g/mol. The van der Waals surface area contributed by atoms with Gasteiger partial charge in [-0.25, -0.2) is 0 Å². The van der Waals surface area contributed by atoms with Crippen molar-refractivity contribution < 1.29 is 63.2 Å². The van der Waals surface area contributed by atoms with Crippen molar-refractivity contribution in [2.24, 2.45) is 0 Å². The second-order valence-corrected chi connectivity index (χ2v) is 4.02. The van der Waals surface area contributed by atoms with Gasteiger partial charge in [0, 0.05) is 0 Å². The topological polar surface area (TPSA) is 290 Å². The quantitative estimate of drug-likeness (QED) is 0.278. The Hall–Kier alpha value is 1.89. The maximum Gasteiger partial charge on any atom is 3.00 e. The molecule has 0 heterocycles. The summed E-state index contributed by atoms with van der Waals surface area (Å²) in [7, 11) is -16.2. The largest absolute Gasteiger partial charge is 3.00 e. The van der Waals surface area contributed by atoms with E-state index in [1.807, 2.05) is 0 Å². The number of hydrogen-bond donors (Lipinski definition) is 0. The minimum absolute atomic E-state index is 0. The molecule has 0 aliphatic rings. The van der Waals surface area contributed by atoms with Crippen LogP contribution in [0.5, 0.6) is 0 Å². The summed E-state index contributed by atoms with van der Waals surface area (Å²) in [6.07, 6.45) is 0. The maximum absolute atomic E-state index is 8.55. The van der Waals surface area contributed by atoms with E-state index >= 15 is 0 Å². The van der Waals surface area contributed by atoms with Crippen LogP contribution in [0.1, 0.15) is 0 Å². The molecule has 0 atom stereocenters. The van der Waals surface area contributed by atoms with Crippen LogP contribution >= 0.6 is 23.5 Å². The van der Waals surface area contributed by atoms with E-state index in [1.54, 1.807) is 0 Å². The van der Waals surface area contributed by atoms with Gasteiger partial charge in [-0.05, 0) is 0 Å². The standard InChI is InChI=1S/3Al.3H3O4P.H2O/c;;;3*1-5(2,3)4;/h;;;3*(H3,1,2,3,4);1H2/q3*+3;;;;/p-9. The van der Waals surface area contributed by atoms with E-state index in [2.05, 4.69) is 0 Å².